The number of alkyl halides is 3. The topological polar surface area (TPSA) is 37.3 Å². The van der Waals surface area contributed by atoms with Gasteiger partial charge in [0.1, 0.15) is 5.57 Å². The second-order valence-corrected chi connectivity index (χ2v) is 3.22. The van der Waals surface area contributed by atoms with E-state index in [-0.39, 0.29) is 5.56 Å². The second-order valence-electron chi connectivity index (χ2n) is 3.22. The average Bonchev–Trinajstić information content (AvgIpc) is 2.14. The van der Waals surface area contributed by atoms with Crippen LogP contribution in [-0.4, -0.2) is 17.3 Å². The van der Waals surface area contributed by atoms with Crippen LogP contribution < -0.4 is 0 Å². The van der Waals surface area contributed by atoms with Gasteiger partial charge in [-0.05, 0) is 24.1 Å². The number of carbonyl (C=O) groups is 1. The van der Waals surface area contributed by atoms with Gasteiger partial charge >= 0.3 is 12.1 Å². The van der Waals surface area contributed by atoms with E-state index in [0.717, 1.165) is 0 Å². The molecule has 1 rings (SSSR count). The number of hydrogen-bond acceptors (Lipinski definition) is 1. The van der Waals surface area contributed by atoms with Gasteiger partial charge in [0.05, 0.1) is 0 Å². The lowest BCUT2D eigenvalue weighted by molar-refractivity contribution is -0.144. The number of aliphatic carboxylic acids is 1. The van der Waals surface area contributed by atoms with E-state index in [9.17, 15) is 18.0 Å². The van der Waals surface area contributed by atoms with E-state index < -0.39 is 17.7 Å². The zero-order valence-corrected chi connectivity index (χ0v) is 8.38. The van der Waals surface area contributed by atoms with Gasteiger partial charge in [0.15, 0.2) is 0 Å². The van der Waals surface area contributed by atoms with Gasteiger partial charge in [-0.3, -0.25) is 0 Å². The molecule has 0 saturated carbocycles. The Labute approximate surface area is 90.0 Å². The Bertz CT molecular complexity index is 433. The summed E-state index contributed by atoms with van der Waals surface area (Å²) in [5.41, 5.74) is -0.732. The lowest BCUT2D eigenvalue weighted by atomic mass is 10.1. The fourth-order valence-corrected chi connectivity index (χ4v) is 1.17. The minimum atomic E-state index is -4.85. The molecule has 0 aliphatic heterocycles. The molecule has 0 atom stereocenters. The molecule has 0 aromatic heterocycles. The van der Waals surface area contributed by atoms with Gasteiger partial charge in [0.2, 0.25) is 0 Å². The second kappa shape index (κ2) is 4.38. The fourth-order valence-electron chi connectivity index (χ4n) is 1.17. The normalized spacial score (nSPS) is 12.6. The lowest BCUT2D eigenvalue weighted by Gasteiger charge is -2.08. The summed E-state index contributed by atoms with van der Waals surface area (Å²) in [5.74, 6) is -1.98. The Morgan fingerprint density at radius 2 is 1.88 bits per heavy atom. The highest BCUT2D eigenvalue weighted by Crippen LogP contribution is 2.28. The largest absolute Gasteiger partial charge is 0.478 e. The smallest absolute Gasteiger partial charge is 0.423 e. The molecule has 0 heterocycles. The monoisotopic (exact) mass is 230 g/mol. The molecule has 0 radical (unpaired) electrons. The first-order chi connectivity index (χ1) is 7.32. The zero-order valence-electron chi connectivity index (χ0n) is 8.38. The van der Waals surface area contributed by atoms with Crippen molar-refractivity contribution in [3.8, 4) is 0 Å². The molecule has 0 unspecified atom stereocenters. The summed E-state index contributed by atoms with van der Waals surface area (Å²) in [6, 6.07) is 6.26. The van der Waals surface area contributed by atoms with Crippen molar-refractivity contribution in [2.24, 2.45) is 0 Å². The minimum absolute atomic E-state index is 0.247. The zero-order chi connectivity index (χ0) is 12.3. The van der Waals surface area contributed by atoms with Crippen molar-refractivity contribution in [3.63, 3.8) is 0 Å². The predicted octanol–water partition coefficient (Wildman–Crippen LogP) is 3.03. The Hall–Kier alpha value is -1.78. The first-order valence-electron chi connectivity index (χ1n) is 4.40. The third kappa shape index (κ3) is 2.85. The maximum Gasteiger partial charge on any atom is 0.423 e. The van der Waals surface area contributed by atoms with E-state index in [0.29, 0.717) is 11.6 Å². The first kappa shape index (κ1) is 12.3. The summed E-state index contributed by atoms with van der Waals surface area (Å²) in [6.45, 7) is 1.61. The average molecular weight is 230 g/mol. The molecule has 0 saturated heterocycles. The number of carboxylic acid groups (broad SMARTS) is 1. The lowest BCUT2D eigenvalue weighted by Crippen LogP contribution is -2.19. The number of carboxylic acids is 1. The SMILES string of the molecule is Cc1ccccc1/C=C(\C(=O)O)C(F)(F)F. The predicted molar refractivity (Wildman–Crippen MR) is 52.8 cm³/mol. The van der Waals surface area contributed by atoms with E-state index in [2.05, 4.69) is 0 Å². The molecular weight excluding hydrogens is 221 g/mol. The van der Waals surface area contributed by atoms with Crippen LogP contribution in [-0.2, 0) is 4.79 Å². The Kier molecular flexibility index (Phi) is 3.37. The first-order valence-corrected chi connectivity index (χ1v) is 4.40. The summed E-state index contributed by atoms with van der Waals surface area (Å²) < 4.78 is 37.0. The van der Waals surface area contributed by atoms with Gasteiger partial charge < -0.3 is 5.11 Å². The highest BCUT2D eigenvalue weighted by atomic mass is 19.4. The molecular formula is C11H9F3O2. The summed E-state index contributed by atoms with van der Waals surface area (Å²) in [6.07, 6.45) is -4.22. The van der Waals surface area contributed by atoms with Crippen LogP contribution in [0.2, 0.25) is 0 Å². The van der Waals surface area contributed by atoms with Crippen LogP contribution in [0.25, 0.3) is 6.08 Å². The molecule has 5 heteroatoms. The van der Waals surface area contributed by atoms with Crippen LogP contribution in [0, 0.1) is 6.92 Å². The molecule has 86 valence electrons. The summed E-state index contributed by atoms with van der Waals surface area (Å²) in [7, 11) is 0. The maximum atomic E-state index is 12.3. The van der Waals surface area contributed by atoms with Crippen molar-refractivity contribution in [1.29, 1.82) is 0 Å². The number of halogens is 3. The summed E-state index contributed by atoms with van der Waals surface area (Å²) in [4.78, 5) is 10.5. The van der Waals surface area contributed by atoms with Crippen molar-refractivity contribution in [2.75, 3.05) is 0 Å². The highest BCUT2D eigenvalue weighted by Gasteiger charge is 2.38. The van der Waals surface area contributed by atoms with Crippen LogP contribution in [0.5, 0.6) is 0 Å². The molecule has 0 fully saturated rings. The van der Waals surface area contributed by atoms with Gasteiger partial charge in [0.25, 0.3) is 0 Å². The van der Waals surface area contributed by atoms with Crippen molar-refractivity contribution in [1.82, 2.24) is 0 Å². The van der Waals surface area contributed by atoms with Gasteiger partial charge in [-0.25, -0.2) is 4.79 Å². The quantitative estimate of drug-likeness (QED) is 0.793. The number of aryl methyl sites for hydroxylation is 1. The molecule has 2 nitrogen and oxygen atoms in total. The van der Waals surface area contributed by atoms with Gasteiger partial charge in [-0.2, -0.15) is 13.2 Å². The molecule has 0 aliphatic carbocycles. The van der Waals surface area contributed by atoms with Crippen molar-refractivity contribution in [2.45, 2.75) is 13.1 Å². The van der Waals surface area contributed by atoms with Crippen molar-refractivity contribution in [3.05, 3.63) is 41.0 Å². The van der Waals surface area contributed by atoms with Crippen LogP contribution >= 0.6 is 0 Å². The molecule has 0 aliphatic rings. The fraction of sp³-hybridized carbons (Fsp3) is 0.182. The van der Waals surface area contributed by atoms with Crippen LogP contribution in [0.3, 0.4) is 0 Å². The summed E-state index contributed by atoms with van der Waals surface area (Å²) >= 11 is 0. The molecule has 16 heavy (non-hydrogen) atoms. The van der Waals surface area contributed by atoms with Gasteiger partial charge in [0, 0.05) is 0 Å². The molecule has 0 spiro atoms. The van der Waals surface area contributed by atoms with E-state index in [1.54, 1.807) is 25.1 Å². The van der Waals surface area contributed by atoms with Crippen LogP contribution in [0.15, 0.2) is 29.8 Å². The number of hydrogen-bond donors (Lipinski definition) is 1. The molecule has 1 aromatic carbocycles. The number of rotatable bonds is 2. The van der Waals surface area contributed by atoms with Crippen molar-refractivity contribution >= 4 is 12.0 Å². The van der Waals surface area contributed by atoms with E-state index in [1.807, 2.05) is 0 Å². The Morgan fingerprint density at radius 3 is 2.31 bits per heavy atom. The third-order valence-corrected chi connectivity index (χ3v) is 2.02. The van der Waals surface area contributed by atoms with Gasteiger partial charge in [-0.15, -0.1) is 0 Å². The Morgan fingerprint density at radius 1 is 1.31 bits per heavy atom. The molecule has 0 amide bonds. The summed E-state index contributed by atoms with van der Waals surface area (Å²) in [5, 5.41) is 8.47. The molecule has 1 N–H and O–H groups in total. The highest BCUT2D eigenvalue weighted by molar-refractivity contribution is 5.93. The van der Waals surface area contributed by atoms with E-state index in [1.165, 1.54) is 6.07 Å². The number of benzene rings is 1. The molecule has 0 bridgehead atoms. The van der Waals surface area contributed by atoms with E-state index >= 15 is 0 Å². The van der Waals surface area contributed by atoms with E-state index in [4.69, 9.17) is 5.11 Å². The van der Waals surface area contributed by atoms with Crippen molar-refractivity contribution < 1.29 is 23.1 Å². The standard InChI is InChI=1S/C11H9F3O2/c1-7-4-2-3-5-8(7)6-9(10(15)16)11(12,13)14/h2-6H,1H3,(H,15,16)/b9-6+. The third-order valence-electron chi connectivity index (χ3n) is 2.02. The van der Waals surface area contributed by atoms with Crippen LogP contribution in [0.1, 0.15) is 11.1 Å². The molecule has 1 aromatic rings. The van der Waals surface area contributed by atoms with Crippen LogP contribution in [0.4, 0.5) is 13.2 Å². The maximum absolute atomic E-state index is 12.3. The Balaban J connectivity index is 3.24. The van der Waals surface area contributed by atoms with Gasteiger partial charge in [-0.1, -0.05) is 24.3 Å². The minimum Gasteiger partial charge on any atom is -0.478 e.